The highest BCUT2D eigenvalue weighted by Crippen LogP contribution is 2.40. The van der Waals surface area contributed by atoms with Crippen LogP contribution in [0, 0.1) is 47.6 Å². The molecule has 0 radical (unpaired) electrons. The second kappa shape index (κ2) is 14.5. The van der Waals surface area contributed by atoms with E-state index in [1.54, 1.807) is 22.7 Å². The Morgan fingerprint density at radius 1 is 0.714 bits per heavy atom. The first kappa shape index (κ1) is 31.3. The topological polar surface area (TPSA) is 56.3 Å². The van der Waals surface area contributed by atoms with Gasteiger partial charge in [0.15, 0.2) is 0 Å². The van der Waals surface area contributed by atoms with Gasteiger partial charge in [0.25, 0.3) is 0 Å². The molecule has 0 aliphatic rings. The molecule has 6 heteroatoms. The number of fused-ring (bicyclic) bond motifs is 5. The van der Waals surface area contributed by atoms with Crippen molar-refractivity contribution in [3.05, 3.63) is 67.3 Å². The molecule has 0 saturated carbocycles. The predicted octanol–water partition coefficient (Wildman–Crippen LogP) is 9.89. The molecule has 2 atom stereocenters. The van der Waals surface area contributed by atoms with Gasteiger partial charge in [0, 0.05) is 20.2 Å². The Morgan fingerprint density at radius 3 is 1.57 bits per heavy atom. The first-order valence-electron chi connectivity index (χ1n) is 15.2. The second-order valence-electron chi connectivity index (χ2n) is 11.3. The maximum Gasteiger partial charge on any atom is 0.536 e. The van der Waals surface area contributed by atoms with E-state index in [-0.39, 0.29) is 11.4 Å². The molecule has 0 bridgehead atoms. The Morgan fingerprint density at radius 2 is 1.17 bits per heavy atom. The number of hydrogen-bond acceptors (Lipinski definition) is 4. The Bertz CT molecular complexity index is 1720. The van der Waals surface area contributed by atoms with Crippen molar-refractivity contribution in [2.24, 2.45) is 11.8 Å². The van der Waals surface area contributed by atoms with E-state index in [0.29, 0.717) is 11.8 Å². The third-order valence-corrected chi connectivity index (χ3v) is 10.9. The Kier molecular flexibility index (Phi) is 10.8. The summed E-state index contributed by atoms with van der Waals surface area (Å²) in [5, 5.41) is 24.0. The molecule has 0 fully saturated rings. The van der Waals surface area contributed by atoms with E-state index < -0.39 is 0 Å². The first-order valence-corrected chi connectivity index (χ1v) is 16.8. The van der Waals surface area contributed by atoms with Crippen LogP contribution in [0.1, 0.15) is 90.2 Å². The van der Waals surface area contributed by atoms with Crippen molar-refractivity contribution in [2.75, 3.05) is 0 Å². The normalized spacial score (nSPS) is 12.5. The molecule has 0 amide bonds. The summed E-state index contributed by atoms with van der Waals surface area (Å²) in [5.74, 6) is 1.25. The van der Waals surface area contributed by atoms with Crippen LogP contribution >= 0.6 is 22.7 Å². The van der Waals surface area contributed by atoms with Crippen molar-refractivity contribution < 1.29 is 0 Å². The van der Waals surface area contributed by atoms with Gasteiger partial charge in [-0.25, -0.2) is 0 Å². The lowest BCUT2D eigenvalue weighted by molar-refractivity contribution is 0.450. The van der Waals surface area contributed by atoms with Gasteiger partial charge in [0.1, 0.15) is 35.4 Å². The van der Waals surface area contributed by atoms with Crippen molar-refractivity contribution in [1.29, 1.82) is 10.5 Å². The molecule has 0 aliphatic carbocycles. The summed E-state index contributed by atoms with van der Waals surface area (Å²) in [6.45, 7) is 24.2. The molecule has 2 unspecified atom stereocenters. The minimum atomic E-state index is 0.126. The maximum absolute atomic E-state index is 9.70. The molecule has 2 aromatic carbocycles. The zero-order valence-electron chi connectivity index (χ0n) is 25.1. The Balaban J connectivity index is 2.12. The van der Waals surface area contributed by atoms with E-state index >= 15 is 0 Å². The van der Waals surface area contributed by atoms with Crippen molar-refractivity contribution in [3.8, 4) is 12.1 Å². The van der Waals surface area contributed by atoms with E-state index in [9.17, 15) is 10.5 Å². The van der Waals surface area contributed by atoms with Crippen LogP contribution in [-0.2, 0) is 12.8 Å². The molecule has 214 valence electrons. The minimum absolute atomic E-state index is 0.126. The van der Waals surface area contributed by atoms with Gasteiger partial charge in [-0.2, -0.15) is 20.2 Å². The molecule has 2 aromatic heterocycles. The molecule has 4 aromatic rings. The molecule has 4 rings (SSSR count). The van der Waals surface area contributed by atoms with E-state index in [1.165, 1.54) is 49.7 Å². The van der Waals surface area contributed by atoms with Gasteiger partial charge in [0.05, 0.1) is 4.53 Å². The monoisotopic (exact) mass is 590 g/mol. The number of unbranched alkanes of at least 4 members (excludes halogenated alkanes) is 2. The molecule has 2 heterocycles. The lowest BCUT2D eigenvalue weighted by Crippen LogP contribution is -2.05. The van der Waals surface area contributed by atoms with Crippen LogP contribution in [-0.4, -0.2) is 0 Å². The molecule has 0 spiro atoms. The van der Waals surface area contributed by atoms with Gasteiger partial charge in [-0.1, -0.05) is 79.1 Å². The summed E-state index contributed by atoms with van der Waals surface area (Å²) in [7, 11) is 0. The lowest BCUT2D eigenvalue weighted by atomic mass is 9.87. The molecular formula is C36H38N4S2. The highest BCUT2D eigenvalue weighted by molar-refractivity contribution is 7.19. The van der Waals surface area contributed by atoms with Gasteiger partial charge < -0.3 is 0 Å². The highest BCUT2D eigenvalue weighted by Gasteiger charge is 2.20. The third-order valence-electron chi connectivity index (χ3n) is 8.58. The average Bonchev–Trinajstić information content (AvgIpc) is 3.65. The fourth-order valence-corrected chi connectivity index (χ4v) is 8.37. The lowest BCUT2D eigenvalue weighted by Gasteiger charge is -2.18. The number of thiophene rings is 2. The highest BCUT2D eigenvalue weighted by atomic mass is 32.1. The average molecular weight is 591 g/mol. The zero-order chi connectivity index (χ0) is 30.2. The summed E-state index contributed by atoms with van der Waals surface area (Å²) < 4.78 is 3.73. The molecule has 0 N–H and O–H groups in total. The fourth-order valence-electron chi connectivity index (χ4n) is 6.04. The third kappa shape index (κ3) is 6.37. The van der Waals surface area contributed by atoms with Crippen LogP contribution in [0.25, 0.3) is 52.0 Å². The molecule has 4 nitrogen and oxygen atoms in total. The van der Waals surface area contributed by atoms with Crippen LogP contribution in [0.3, 0.4) is 0 Å². The van der Waals surface area contributed by atoms with Crippen molar-refractivity contribution in [1.82, 2.24) is 0 Å². The van der Waals surface area contributed by atoms with Crippen LogP contribution in [0.4, 0.5) is 0 Å². The largest absolute Gasteiger partial charge is 0.536 e. The van der Waals surface area contributed by atoms with Gasteiger partial charge >= 0.3 is 5.82 Å². The van der Waals surface area contributed by atoms with E-state index in [4.69, 9.17) is 13.1 Å². The maximum atomic E-state index is 9.70. The summed E-state index contributed by atoms with van der Waals surface area (Å²) in [6, 6.07) is 13.0. The first-order chi connectivity index (χ1) is 20.5. The number of rotatable bonds is 12. The van der Waals surface area contributed by atoms with E-state index in [1.807, 2.05) is 0 Å². The van der Waals surface area contributed by atoms with Crippen LogP contribution in [0.15, 0.2) is 24.3 Å². The van der Waals surface area contributed by atoms with Crippen molar-refractivity contribution in [3.63, 3.8) is 0 Å². The van der Waals surface area contributed by atoms with E-state index in [0.717, 1.165) is 65.7 Å². The summed E-state index contributed by atoms with van der Waals surface area (Å²) in [6.07, 6.45) is 11.2. The van der Waals surface area contributed by atoms with Crippen LogP contribution in [0.2, 0.25) is 0 Å². The standard InChI is InChI=1S/C36H38N4S2/c1-7-11-13-23(9-3)15-25-17-31-30(34-28(25)19-32(41-34)27(21-37)22-38)18-26(16-24(10-4)14-12-8-2)29-20-33(42-35(29)31)36(39-5)40-6/h17-20,23-24H,7-16H2,1-4H3. The summed E-state index contributed by atoms with van der Waals surface area (Å²) >= 11 is 3.11. The number of nitriles is 2. The van der Waals surface area contributed by atoms with Crippen molar-refractivity contribution >= 4 is 65.0 Å². The number of benzene rings is 2. The molecule has 0 saturated heterocycles. The van der Waals surface area contributed by atoms with Gasteiger partial charge in [-0.3, -0.25) is 0 Å². The molecular weight excluding hydrogens is 553 g/mol. The number of nitrogens with zero attached hydrogens (tertiary/aromatic N) is 4. The quantitative estimate of drug-likeness (QED) is 0.154. The van der Waals surface area contributed by atoms with Gasteiger partial charge in [0.2, 0.25) is 0 Å². The smallest absolute Gasteiger partial charge is 0.192 e. The van der Waals surface area contributed by atoms with Gasteiger partial charge in [-0.05, 0) is 70.8 Å². The Labute approximate surface area is 257 Å². The second-order valence-corrected chi connectivity index (χ2v) is 13.4. The zero-order valence-corrected chi connectivity index (χ0v) is 26.8. The molecule has 0 aliphatic heterocycles. The van der Waals surface area contributed by atoms with Crippen LogP contribution < -0.4 is 9.06 Å². The van der Waals surface area contributed by atoms with Gasteiger partial charge in [-0.15, -0.1) is 22.7 Å². The van der Waals surface area contributed by atoms with E-state index in [2.05, 4.69) is 73.8 Å². The minimum Gasteiger partial charge on any atom is -0.192 e. The van der Waals surface area contributed by atoms with Crippen molar-refractivity contribution in [2.45, 2.75) is 91.9 Å². The predicted molar refractivity (Wildman–Crippen MR) is 179 cm³/mol. The summed E-state index contributed by atoms with van der Waals surface area (Å²) in [4.78, 5) is 7.10. The Hall–Kier alpha value is -3.68. The SMILES string of the molecule is [C-]#[N+]C([N+]#[C-])=c1cc2c(CC(CC)CCCC)cc3c(cc(CC(CC)CCCC)c4cc(=C(C#N)C#N)sc43)c2s1. The summed E-state index contributed by atoms with van der Waals surface area (Å²) in [5.41, 5.74) is 2.68. The fraction of sp³-hybridized carbons (Fsp3) is 0.444. The number of hydrogen-bond donors (Lipinski definition) is 0. The van der Waals surface area contributed by atoms with Crippen LogP contribution in [0.5, 0.6) is 0 Å². The molecule has 42 heavy (non-hydrogen) atoms.